The van der Waals surface area contributed by atoms with Crippen LogP contribution in [0.25, 0.3) is 5.69 Å². The fourth-order valence-corrected chi connectivity index (χ4v) is 3.22. The zero-order valence-corrected chi connectivity index (χ0v) is 14.5. The first-order valence-corrected chi connectivity index (χ1v) is 8.57. The fraction of sp³-hybridized carbons (Fsp3) is 0.333. The summed E-state index contributed by atoms with van der Waals surface area (Å²) in [5, 5.41) is 7.24. The van der Waals surface area contributed by atoms with Crippen molar-refractivity contribution in [1.82, 2.24) is 30.0 Å². The summed E-state index contributed by atoms with van der Waals surface area (Å²) in [6.07, 6.45) is 5.39. The quantitative estimate of drug-likeness (QED) is 0.740. The lowest BCUT2D eigenvalue weighted by Gasteiger charge is -2.34. The number of hydrogen-bond acceptors (Lipinski definition) is 6. The molecule has 3 aromatic heterocycles. The first-order valence-electron chi connectivity index (χ1n) is 8.57. The van der Waals surface area contributed by atoms with Crippen LogP contribution in [0.4, 0.5) is 0 Å². The van der Waals surface area contributed by atoms with Crippen molar-refractivity contribution in [3.63, 3.8) is 0 Å². The Kier molecular flexibility index (Phi) is 4.49. The molecular weight excluding hydrogens is 332 g/mol. The Morgan fingerprint density at radius 3 is 2.88 bits per heavy atom. The predicted molar refractivity (Wildman–Crippen MR) is 93.5 cm³/mol. The highest BCUT2D eigenvalue weighted by Crippen LogP contribution is 2.17. The summed E-state index contributed by atoms with van der Waals surface area (Å²) < 4.78 is 7.43. The SMILES string of the molecule is Cc1ccc(CN2CCNC(=O)C2Cc2ncnn2-c2ccncc2)o1. The third-order valence-corrected chi connectivity index (χ3v) is 4.50. The van der Waals surface area contributed by atoms with Crippen molar-refractivity contribution in [1.29, 1.82) is 0 Å². The Morgan fingerprint density at radius 2 is 2.12 bits per heavy atom. The van der Waals surface area contributed by atoms with Crippen molar-refractivity contribution in [3.05, 3.63) is 60.3 Å². The Labute approximate surface area is 150 Å². The van der Waals surface area contributed by atoms with Gasteiger partial charge in [0.15, 0.2) is 0 Å². The number of aryl methyl sites for hydroxylation is 1. The molecule has 26 heavy (non-hydrogen) atoms. The van der Waals surface area contributed by atoms with E-state index >= 15 is 0 Å². The van der Waals surface area contributed by atoms with Crippen LogP contribution >= 0.6 is 0 Å². The molecule has 1 N–H and O–H groups in total. The largest absolute Gasteiger partial charge is 0.465 e. The minimum Gasteiger partial charge on any atom is -0.465 e. The topological polar surface area (TPSA) is 89.1 Å². The van der Waals surface area contributed by atoms with E-state index in [1.54, 1.807) is 17.1 Å². The molecule has 0 bridgehead atoms. The van der Waals surface area contributed by atoms with E-state index in [4.69, 9.17) is 4.42 Å². The highest BCUT2D eigenvalue weighted by Gasteiger charge is 2.31. The van der Waals surface area contributed by atoms with Gasteiger partial charge < -0.3 is 9.73 Å². The molecule has 3 aromatic rings. The molecule has 1 aliphatic rings. The molecular formula is C18H20N6O2. The summed E-state index contributed by atoms with van der Waals surface area (Å²) in [5.74, 6) is 2.47. The number of carbonyl (C=O) groups is 1. The zero-order chi connectivity index (χ0) is 17.9. The Hall–Kier alpha value is -3.00. The smallest absolute Gasteiger partial charge is 0.237 e. The number of furan rings is 1. The molecule has 0 spiro atoms. The van der Waals surface area contributed by atoms with Crippen molar-refractivity contribution < 1.29 is 9.21 Å². The first kappa shape index (κ1) is 16.5. The molecule has 4 heterocycles. The second-order valence-electron chi connectivity index (χ2n) is 6.29. The van der Waals surface area contributed by atoms with Gasteiger partial charge in [0.2, 0.25) is 5.91 Å². The van der Waals surface area contributed by atoms with E-state index in [-0.39, 0.29) is 11.9 Å². The molecule has 1 aliphatic heterocycles. The van der Waals surface area contributed by atoms with Crippen molar-refractivity contribution in [2.75, 3.05) is 13.1 Å². The molecule has 1 unspecified atom stereocenters. The van der Waals surface area contributed by atoms with Crippen molar-refractivity contribution in [3.8, 4) is 5.69 Å². The number of aromatic nitrogens is 4. The minimum absolute atomic E-state index is 0.00352. The first-order chi connectivity index (χ1) is 12.7. The highest BCUT2D eigenvalue weighted by atomic mass is 16.3. The van der Waals surface area contributed by atoms with Crippen LogP contribution in [0, 0.1) is 6.92 Å². The second-order valence-corrected chi connectivity index (χ2v) is 6.29. The summed E-state index contributed by atoms with van der Waals surface area (Å²) in [4.78, 5) is 23.0. The summed E-state index contributed by atoms with van der Waals surface area (Å²) in [6, 6.07) is 7.30. The van der Waals surface area contributed by atoms with Gasteiger partial charge in [0.25, 0.3) is 0 Å². The molecule has 0 radical (unpaired) electrons. The van der Waals surface area contributed by atoms with E-state index in [1.807, 2.05) is 31.2 Å². The second kappa shape index (κ2) is 7.09. The predicted octanol–water partition coefficient (Wildman–Crippen LogP) is 1.11. The number of hydrogen-bond donors (Lipinski definition) is 1. The standard InChI is InChI=1S/C18H20N6O2/c1-13-2-3-15(26-13)11-23-9-8-20-18(25)16(23)10-17-21-12-22-24(17)14-4-6-19-7-5-14/h2-7,12,16H,8-11H2,1H3,(H,20,25). The molecule has 8 heteroatoms. The van der Waals surface area contributed by atoms with Crippen LogP contribution in [0.2, 0.25) is 0 Å². The van der Waals surface area contributed by atoms with Crippen molar-refractivity contribution in [2.45, 2.75) is 25.9 Å². The van der Waals surface area contributed by atoms with Gasteiger partial charge in [-0.25, -0.2) is 9.67 Å². The maximum Gasteiger partial charge on any atom is 0.237 e. The molecule has 1 saturated heterocycles. The number of piperazine rings is 1. The van der Waals surface area contributed by atoms with Crippen LogP contribution in [0.15, 0.2) is 47.4 Å². The molecule has 0 saturated carbocycles. The van der Waals surface area contributed by atoms with E-state index in [0.717, 1.165) is 29.6 Å². The van der Waals surface area contributed by atoms with Crippen molar-refractivity contribution in [2.24, 2.45) is 0 Å². The maximum absolute atomic E-state index is 12.5. The molecule has 1 atom stereocenters. The normalized spacial score (nSPS) is 18.0. The van der Waals surface area contributed by atoms with Crippen LogP contribution in [0.5, 0.6) is 0 Å². The van der Waals surface area contributed by atoms with Crippen molar-refractivity contribution >= 4 is 5.91 Å². The van der Waals surface area contributed by atoms with Gasteiger partial charge in [-0.3, -0.25) is 14.7 Å². The number of amides is 1. The summed E-state index contributed by atoms with van der Waals surface area (Å²) in [7, 11) is 0. The van der Waals surface area contributed by atoms with E-state index < -0.39 is 0 Å². The van der Waals surface area contributed by atoms with Gasteiger partial charge in [-0.2, -0.15) is 5.10 Å². The van der Waals surface area contributed by atoms with E-state index in [0.29, 0.717) is 19.5 Å². The molecule has 134 valence electrons. The molecule has 8 nitrogen and oxygen atoms in total. The Morgan fingerprint density at radius 1 is 1.27 bits per heavy atom. The summed E-state index contributed by atoms with van der Waals surface area (Å²) >= 11 is 0. The van der Waals surface area contributed by atoms with E-state index in [1.165, 1.54) is 6.33 Å². The van der Waals surface area contributed by atoms with Gasteiger partial charge in [0.1, 0.15) is 23.7 Å². The third-order valence-electron chi connectivity index (χ3n) is 4.50. The monoisotopic (exact) mass is 352 g/mol. The van der Waals surface area contributed by atoms with Crippen LogP contribution in [-0.4, -0.2) is 49.7 Å². The Bertz CT molecular complexity index is 888. The van der Waals surface area contributed by atoms with Gasteiger partial charge in [-0.15, -0.1) is 0 Å². The zero-order valence-electron chi connectivity index (χ0n) is 14.5. The molecule has 1 amide bonds. The highest BCUT2D eigenvalue weighted by molar-refractivity contribution is 5.82. The van der Waals surface area contributed by atoms with Crippen LogP contribution < -0.4 is 5.32 Å². The lowest BCUT2D eigenvalue weighted by atomic mass is 10.1. The number of nitrogens with one attached hydrogen (secondary N) is 1. The molecule has 0 aromatic carbocycles. The lowest BCUT2D eigenvalue weighted by molar-refractivity contribution is -0.129. The van der Waals surface area contributed by atoms with Crippen LogP contribution in [0.3, 0.4) is 0 Å². The maximum atomic E-state index is 12.5. The summed E-state index contributed by atoms with van der Waals surface area (Å²) in [6.45, 7) is 3.90. The van der Waals surface area contributed by atoms with Gasteiger partial charge in [0.05, 0.1) is 18.3 Å². The lowest BCUT2D eigenvalue weighted by Crippen LogP contribution is -2.55. The van der Waals surface area contributed by atoms with E-state index in [9.17, 15) is 4.79 Å². The average molecular weight is 352 g/mol. The number of carbonyl (C=O) groups excluding carboxylic acids is 1. The number of nitrogens with zero attached hydrogens (tertiary/aromatic N) is 5. The molecule has 4 rings (SSSR count). The van der Waals surface area contributed by atoms with Gasteiger partial charge >= 0.3 is 0 Å². The van der Waals surface area contributed by atoms with Gasteiger partial charge in [-0.1, -0.05) is 0 Å². The minimum atomic E-state index is -0.320. The number of rotatable bonds is 5. The van der Waals surface area contributed by atoms with Gasteiger partial charge in [-0.05, 0) is 31.2 Å². The van der Waals surface area contributed by atoms with Crippen LogP contribution in [0.1, 0.15) is 17.3 Å². The van der Waals surface area contributed by atoms with Crippen LogP contribution in [-0.2, 0) is 17.8 Å². The molecule has 1 fully saturated rings. The summed E-state index contributed by atoms with van der Waals surface area (Å²) in [5.41, 5.74) is 0.872. The molecule has 0 aliphatic carbocycles. The number of pyridine rings is 1. The third kappa shape index (κ3) is 3.36. The van der Waals surface area contributed by atoms with Gasteiger partial charge in [0, 0.05) is 31.9 Å². The fourth-order valence-electron chi connectivity index (χ4n) is 3.22. The Balaban J connectivity index is 1.57. The van der Waals surface area contributed by atoms with E-state index in [2.05, 4.69) is 25.3 Å². The average Bonchev–Trinajstić information content (AvgIpc) is 3.27.